The third kappa shape index (κ3) is 18.5. The van der Waals surface area contributed by atoms with Crippen LogP contribution in [-0.4, -0.2) is 128 Å². The van der Waals surface area contributed by atoms with Crippen LogP contribution in [0.4, 0.5) is 0 Å². The van der Waals surface area contributed by atoms with Crippen LogP contribution in [0.5, 0.6) is 0 Å². The van der Waals surface area contributed by atoms with Gasteiger partial charge in [0.1, 0.15) is 36.3 Å². The predicted octanol–water partition coefficient (Wildman–Crippen LogP) is -2.81. The number of carbonyl (C=O) groups is 10. The van der Waals surface area contributed by atoms with Crippen LogP contribution in [0.1, 0.15) is 63.5 Å². The van der Waals surface area contributed by atoms with Crippen LogP contribution in [-0.2, 0) is 60.8 Å². The molecule has 0 fully saturated rings. The van der Waals surface area contributed by atoms with Crippen molar-refractivity contribution in [2.75, 3.05) is 0 Å². The summed E-state index contributed by atoms with van der Waals surface area (Å²) < 4.78 is 0. The third-order valence-electron chi connectivity index (χ3n) is 9.22. The normalized spacial score (nSPS) is 14.7. The van der Waals surface area contributed by atoms with Gasteiger partial charge < -0.3 is 63.8 Å². The summed E-state index contributed by atoms with van der Waals surface area (Å²) in [5.74, 6) is -11.0. The zero-order chi connectivity index (χ0) is 46.5. The number of carboxylic acid groups (broad SMARTS) is 3. The molecule has 2 rings (SSSR count). The van der Waals surface area contributed by atoms with Gasteiger partial charge >= 0.3 is 17.9 Å². The van der Waals surface area contributed by atoms with Gasteiger partial charge in [-0.2, -0.15) is 0 Å². The average Bonchev–Trinajstić information content (AvgIpc) is 3.21. The molecule has 0 unspecified atom stereocenters. The Morgan fingerprint density at radius 2 is 0.903 bits per heavy atom. The Bertz CT molecular complexity index is 1900. The number of primary amides is 1. The summed E-state index contributed by atoms with van der Waals surface area (Å²) in [5.41, 5.74) is 12.3. The number of hydrogen-bond acceptors (Lipinski definition) is 12. The molecule has 0 aliphatic carbocycles. The standard InChI is InChI=1S/C40H54N8O14/c1-21(40(61)62)43-39(60)33(22(2)49)48-38(59)29(20-24-11-7-4-8-12-24)47-36(57)27(15-18-32(53)54)44-35(56)26(14-16-30(42)50)45-37(58)28(19-23-9-5-3-6-10-23)46-34(55)25(41)13-17-31(51)52/h3-12,21-22,25-29,33,49H,13-20,41H2,1-2H3,(H2,42,50)(H,43,60)(H,44,56)(H,45,58)(H,46,55)(H,47,57)(H,48,59)(H,51,52)(H,53,54)(H,61,62)/t21-,22+,25-,26-,27-,28-,29-,33-/m0/s1. The molecule has 0 spiro atoms. The first-order chi connectivity index (χ1) is 29.2. The summed E-state index contributed by atoms with van der Waals surface area (Å²) in [4.78, 5) is 127. The SMILES string of the molecule is C[C@H](NC(=O)[C@@H](NC(=O)[C@H](Cc1ccccc1)NC(=O)[C@H](CCC(=O)O)NC(=O)[C@H](CCC(N)=O)NC(=O)[C@H](Cc1ccccc1)NC(=O)[C@@H](N)CCC(=O)O)[C@@H](C)O)C(=O)O. The summed E-state index contributed by atoms with van der Waals surface area (Å²) >= 11 is 0. The number of aliphatic hydroxyl groups is 1. The molecule has 0 saturated carbocycles. The zero-order valence-corrected chi connectivity index (χ0v) is 34.1. The first-order valence-electron chi connectivity index (χ1n) is 19.5. The molecule has 22 heteroatoms. The number of nitrogens with one attached hydrogen (secondary N) is 6. The van der Waals surface area contributed by atoms with Crippen LogP contribution in [0.25, 0.3) is 0 Å². The minimum Gasteiger partial charge on any atom is -0.481 e. The molecule has 2 aromatic carbocycles. The lowest BCUT2D eigenvalue weighted by Gasteiger charge is -2.28. The molecule has 0 bridgehead atoms. The van der Waals surface area contributed by atoms with Crippen molar-refractivity contribution in [1.82, 2.24) is 31.9 Å². The molecule has 0 radical (unpaired) electrons. The fourth-order valence-electron chi connectivity index (χ4n) is 5.74. The Balaban J connectivity index is 2.44. The van der Waals surface area contributed by atoms with Crippen molar-refractivity contribution >= 4 is 59.3 Å². The molecule has 7 amide bonds. The minimum absolute atomic E-state index is 0.140. The topological polar surface area (TPSA) is 376 Å². The van der Waals surface area contributed by atoms with E-state index in [-0.39, 0.29) is 19.3 Å². The van der Waals surface area contributed by atoms with E-state index >= 15 is 0 Å². The van der Waals surface area contributed by atoms with Gasteiger partial charge in [0, 0.05) is 32.1 Å². The van der Waals surface area contributed by atoms with E-state index < -0.39 is 140 Å². The van der Waals surface area contributed by atoms with Gasteiger partial charge in [-0.15, -0.1) is 0 Å². The fraction of sp³-hybridized carbons (Fsp3) is 0.450. The maximum atomic E-state index is 13.9. The van der Waals surface area contributed by atoms with E-state index in [9.17, 15) is 63.3 Å². The summed E-state index contributed by atoms with van der Waals surface area (Å²) in [6.07, 6.45) is -4.79. The van der Waals surface area contributed by atoms with E-state index in [1.54, 1.807) is 60.7 Å². The number of aliphatic carboxylic acids is 3. The van der Waals surface area contributed by atoms with Crippen LogP contribution >= 0.6 is 0 Å². The Kier molecular flexibility index (Phi) is 21.2. The maximum Gasteiger partial charge on any atom is 0.325 e. The summed E-state index contributed by atoms with van der Waals surface area (Å²) in [6.45, 7) is 2.31. The smallest absolute Gasteiger partial charge is 0.325 e. The number of aliphatic hydroxyl groups excluding tert-OH is 1. The molecule has 0 heterocycles. The van der Waals surface area contributed by atoms with Gasteiger partial charge in [0.05, 0.1) is 12.1 Å². The number of benzene rings is 2. The van der Waals surface area contributed by atoms with E-state index in [0.717, 1.165) is 13.8 Å². The molecule has 22 nitrogen and oxygen atoms in total. The summed E-state index contributed by atoms with van der Waals surface area (Å²) in [7, 11) is 0. The minimum atomic E-state index is -1.71. The lowest BCUT2D eigenvalue weighted by Crippen LogP contribution is -2.61. The van der Waals surface area contributed by atoms with Gasteiger partial charge in [-0.05, 0) is 44.2 Å². The molecule has 2 aromatic rings. The van der Waals surface area contributed by atoms with Gasteiger partial charge in [0.2, 0.25) is 41.4 Å². The first kappa shape index (κ1) is 51.2. The highest BCUT2D eigenvalue weighted by molar-refractivity contribution is 5.97. The molecular weight excluding hydrogens is 816 g/mol. The molecule has 338 valence electrons. The highest BCUT2D eigenvalue weighted by Gasteiger charge is 2.35. The van der Waals surface area contributed by atoms with Gasteiger partial charge in [0.25, 0.3) is 0 Å². The Morgan fingerprint density at radius 1 is 0.516 bits per heavy atom. The molecular formula is C40H54N8O14. The van der Waals surface area contributed by atoms with Gasteiger partial charge in [-0.25, -0.2) is 0 Å². The monoisotopic (exact) mass is 870 g/mol. The number of carboxylic acids is 3. The van der Waals surface area contributed by atoms with Crippen molar-refractivity contribution < 1.29 is 68.4 Å². The quantitative estimate of drug-likeness (QED) is 0.0431. The van der Waals surface area contributed by atoms with Crippen molar-refractivity contribution in [3.05, 3.63) is 71.8 Å². The van der Waals surface area contributed by atoms with E-state index in [4.69, 9.17) is 16.6 Å². The largest absolute Gasteiger partial charge is 0.481 e. The van der Waals surface area contributed by atoms with Crippen molar-refractivity contribution in [2.24, 2.45) is 11.5 Å². The maximum absolute atomic E-state index is 13.9. The van der Waals surface area contributed by atoms with Crippen LogP contribution in [0.15, 0.2) is 60.7 Å². The summed E-state index contributed by atoms with van der Waals surface area (Å²) in [5, 5.41) is 52.2. The molecule has 8 atom stereocenters. The van der Waals surface area contributed by atoms with Crippen molar-refractivity contribution in [1.29, 1.82) is 0 Å². The van der Waals surface area contributed by atoms with Crippen LogP contribution in [0, 0.1) is 0 Å². The second-order valence-corrected chi connectivity index (χ2v) is 14.4. The fourth-order valence-corrected chi connectivity index (χ4v) is 5.74. The molecule has 0 aliphatic heterocycles. The van der Waals surface area contributed by atoms with Crippen LogP contribution < -0.4 is 43.4 Å². The first-order valence-corrected chi connectivity index (χ1v) is 19.5. The lowest BCUT2D eigenvalue weighted by atomic mass is 10.0. The molecule has 14 N–H and O–H groups in total. The molecule has 0 aliphatic rings. The van der Waals surface area contributed by atoms with Crippen molar-refractivity contribution in [2.45, 2.75) is 114 Å². The summed E-state index contributed by atoms with van der Waals surface area (Å²) in [6, 6.07) is 5.72. The van der Waals surface area contributed by atoms with Gasteiger partial charge in [-0.3, -0.25) is 47.9 Å². The number of hydrogen-bond donors (Lipinski definition) is 12. The Hall–Kier alpha value is -6.94. The highest BCUT2D eigenvalue weighted by atomic mass is 16.4. The number of amides is 7. The lowest BCUT2D eigenvalue weighted by molar-refractivity contribution is -0.142. The zero-order valence-electron chi connectivity index (χ0n) is 34.1. The van der Waals surface area contributed by atoms with Crippen LogP contribution in [0.3, 0.4) is 0 Å². The van der Waals surface area contributed by atoms with E-state index in [0.29, 0.717) is 11.1 Å². The van der Waals surface area contributed by atoms with E-state index in [1.807, 2.05) is 0 Å². The third-order valence-corrected chi connectivity index (χ3v) is 9.22. The Morgan fingerprint density at radius 3 is 1.32 bits per heavy atom. The number of carbonyl (C=O) groups excluding carboxylic acids is 7. The average molecular weight is 871 g/mol. The van der Waals surface area contributed by atoms with E-state index in [1.165, 1.54) is 0 Å². The molecule has 62 heavy (non-hydrogen) atoms. The number of rotatable bonds is 27. The molecule has 0 aromatic heterocycles. The van der Waals surface area contributed by atoms with Gasteiger partial charge in [-0.1, -0.05) is 60.7 Å². The van der Waals surface area contributed by atoms with Crippen LogP contribution in [0.2, 0.25) is 0 Å². The molecule has 0 saturated heterocycles. The highest BCUT2D eigenvalue weighted by Crippen LogP contribution is 2.10. The number of nitrogens with two attached hydrogens (primary N) is 2. The second kappa shape index (κ2) is 25.6. The van der Waals surface area contributed by atoms with E-state index in [2.05, 4.69) is 31.9 Å². The second-order valence-electron chi connectivity index (χ2n) is 14.4. The Labute approximate surface area is 355 Å². The predicted molar refractivity (Wildman–Crippen MR) is 217 cm³/mol. The van der Waals surface area contributed by atoms with Crippen molar-refractivity contribution in [3.63, 3.8) is 0 Å². The van der Waals surface area contributed by atoms with Crippen molar-refractivity contribution in [3.8, 4) is 0 Å². The van der Waals surface area contributed by atoms with Gasteiger partial charge in [0.15, 0.2) is 0 Å².